The van der Waals surface area contributed by atoms with Gasteiger partial charge >= 0.3 is 0 Å². The van der Waals surface area contributed by atoms with Gasteiger partial charge in [0.2, 0.25) is 0 Å². The lowest BCUT2D eigenvalue weighted by molar-refractivity contribution is 0.551. The van der Waals surface area contributed by atoms with Crippen molar-refractivity contribution in [3.05, 3.63) is 53.1 Å². The topological polar surface area (TPSA) is 56.7 Å². The maximum Gasteiger partial charge on any atom is 0.113 e. The number of nitrogens with zero attached hydrogens (tertiary/aromatic N) is 3. The van der Waals surface area contributed by atoms with Crippen LogP contribution in [0, 0.1) is 0 Å². The molecule has 5 heteroatoms. The summed E-state index contributed by atoms with van der Waals surface area (Å²) in [6, 6.07) is 10.0. The minimum atomic E-state index is -0.404. The van der Waals surface area contributed by atoms with E-state index in [-0.39, 0.29) is 0 Å². The lowest BCUT2D eigenvalue weighted by Crippen LogP contribution is -2.28. The highest BCUT2D eigenvalue weighted by Crippen LogP contribution is 2.27. The van der Waals surface area contributed by atoms with Gasteiger partial charge < -0.3 is 5.73 Å². The molecule has 3 aromatic rings. The monoisotopic (exact) mass is 284 g/mol. The zero-order chi connectivity index (χ0) is 14.2. The van der Waals surface area contributed by atoms with E-state index in [1.54, 1.807) is 11.3 Å². The fraction of sp³-hybridized carbons (Fsp3) is 0.200. The molecule has 0 aliphatic carbocycles. The summed E-state index contributed by atoms with van der Waals surface area (Å²) in [5.74, 6) is 0. The molecule has 3 rings (SSSR count). The molecule has 2 aromatic heterocycles. The summed E-state index contributed by atoms with van der Waals surface area (Å²) in [4.78, 5) is 4.60. The first-order valence-electron chi connectivity index (χ1n) is 6.39. The summed E-state index contributed by atoms with van der Waals surface area (Å²) in [6.45, 7) is 3.92. The van der Waals surface area contributed by atoms with Crippen LogP contribution >= 0.6 is 11.3 Å². The molecule has 0 spiro atoms. The van der Waals surface area contributed by atoms with E-state index in [0.717, 1.165) is 22.0 Å². The van der Waals surface area contributed by atoms with E-state index >= 15 is 0 Å². The van der Waals surface area contributed by atoms with E-state index in [0.29, 0.717) is 0 Å². The summed E-state index contributed by atoms with van der Waals surface area (Å²) < 4.78 is 1.85. The molecule has 20 heavy (non-hydrogen) atoms. The molecule has 0 fully saturated rings. The van der Waals surface area contributed by atoms with E-state index in [2.05, 4.69) is 10.1 Å². The first-order chi connectivity index (χ1) is 9.54. The van der Waals surface area contributed by atoms with Crippen LogP contribution in [0.1, 0.15) is 18.9 Å². The zero-order valence-corrected chi connectivity index (χ0v) is 12.3. The first-order valence-corrected chi connectivity index (χ1v) is 7.27. The Morgan fingerprint density at radius 2 is 1.95 bits per heavy atom. The van der Waals surface area contributed by atoms with Crippen molar-refractivity contribution in [2.24, 2.45) is 5.73 Å². The Balaban J connectivity index is 1.93. The minimum Gasteiger partial charge on any atom is -0.320 e. The maximum atomic E-state index is 6.07. The van der Waals surface area contributed by atoms with E-state index in [1.807, 2.05) is 66.6 Å². The van der Waals surface area contributed by atoms with E-state index in [4.69, 9.17) is 5.73 Å². The second-order valence-electron chi connectivity index (χ2n) is 5.27. The second-order valence-corrected chi connectivity index (χ2v) is 6.13. The van der Waals surface area contributed by atoms with Crippen LogP contribution in [0.25, 0.3) is 16.9 Å². The van der Waals surface area contributed by atoms with Gasteiger partial charge in [0.15, 0.2) is 0 Å². The lowest BCUT2D eigenvalue weighted by atomic mass is 10.1. The Morgan fingerprint density at radius 3 is 2.60 bits per heavy atom. The van der Waals surface area contributed by atoms with Crippen LogP contribution in [-0.4, -0.2) is 14.8 Å². The van der Waals surface area contributed by atoms with Gasteiger partial charge in [-0.25, -0.2) is 9.67 Å². The number of benzene rings is 1. The van der Waals surface area contributed by atoms with Crippen molar-refractivity contribution in [2.75, 3.05) is 0 Å². The summed E-state index contributed by atoms with van der Waals surface area (Å²) >= 11 is 1.58. The summed E-state index contributed by atoms with van der Waals surface area (Å²) in [6.07, 6.45) is 3.81. The van der Waals surface area contributed by atoms with Crippen molar-refractivity contribution in [2.45, 2.75) is 19.4 Å². The average Bonchev–Trinajstić information content (AvgIpc) is 3.08. The highest BCUT2D eigenvalue weighted by molar-refractivity contribution is 7.10. The lowest BCUT2D eigenvalue weighted by Gasteiger charge is -2.13. The third-order valence-electron chi connectivity index (χ3n) is 2.95. The van der Waals surface area contributed by atoms with Crippen LogP contribution in [-0.2, 0) is 5.54 Å². The third-order valence-corrected chi connectivity index (χ3v) is 4.14. The van der Waals surface area contributed by atoms with Gasteiger partial charge in [-0.05, 0) is 26.0 Å². The highest BCUT2D eigenvalue weighted by Gasteiger charge is 2.19. The quantitative estimate of drug-likeness (QED) is 0.803. The van der Waals surface area contributed by atoms with Crippen LogP contribution in [0.2, 0.25) is 0 Å². The summed E-state index contributed by atoms with van der Waals surface area (Å²) in [7, 11) is 0. The summed E-state index contributed by atoms with van der Waals surface area (Å²) in [5, 5.41) is 7.34. The second kappa shape index (κ2) is 4.85. The number of hydrogen-bond donors (Lipinski definition) is 1. The maximum absolute atomic E-state index is 6.07. The van der Waals surface area contributed by atoms with Gasteiger partial charge in [-0.15, -0.1) is 11.3 Å². The highest BCUT2D eigenvalue weighted by atomic mass is 32.1. The number of thiazole rings is 1. The number of rotatable bonds is 3. The fourth-order valence-electron chi connectivity index (χ4n) is 1.88. The minimum absolute atomic E-state index is 0.404. The van der Waals surface area contributed by atoms with Crippen molar-refractivity contribution >= 4 is 11.3 Å². The average molecular weight is 284 g/mol. The smallest absolute Gasteiger partial charge is 0.113 e. The Morgan fingerprint density at radius 1 is 1.20 bits per heavy atom. The third kappa shape index (κ3) is 2.50. The molecule has 0 aliphatic rings. The predicted molar refractivity (Wildman–Crippen MR) is 81.9 cm³/mol. The molecular formula is C15H16N4S. The molecular weight excluding hydrogens is 268 g/mol. The standard InChI is InChI=1S/C15H16N4S/c1-15(2,16)14-18-13(10-20-14)11-8-17-19(9-11)12-6-4-3-5-7-12/h3-10H,16H2,1-2H3. The summed E-state index contributed by atoms with van der Waals surface area (Å²) in [5.41, 5.74) is 8.63. The normalized spacial score (nSPS) is 11.8. The molecule has 0 radical (unpaired) electrons. The van der Waals surface area contributed by atoms with Crippen LogP contribution < -0.4 is 5.73 Å². The molecule has 0 amide bonds. The zero-order valence-electron chi connectivity index (χ0n) is 11.4. The molecule has 4 nitrogen and oxygen atoms in total. The Labute approximate surface area is 121 Å². The van der Waals surface area contributed by atoms with Gasteiger partial charge in [0.05, 0.1) is 23.1 Å². The van der Waals surface area contributed by atoms with Crippen LogP contribution in [0.4, 0.5) is 0 Å². The number of hydrogen-bond acceptors (Lipinski definition) is 4. The van der Waals surface area contributed by atoms with Gasteiger partial charge in [-0.3, -0.25) is 0 Å². The van der Waals surface area contributed by atoms with Crippen LogP contribution in [0.3, 0.4) is 0 Å². The first kappa shape index (κ1) is 13.0. The molecule has 2 N–H and O–H groups in total. The molecule has 2 heterocycles. The van der Waals surface area contributed by atoms with Gasteiger partial charge in [0.1, 0.15) is 5.01 Å². The van der Waals surface area contributed by atoms with Crippen LogP contribution in [0.15, 0.2) is 48.1 Å². The van der Waals surface area contributed by atoms with Gasteiger partial charge in [0.25, 0.3) is 0 Å². The fourth-order valence-corrected chi connectivity index (χ4v) is 2.75. The van der Waals surface area contributed by atoms with E-state index in [9.17, 15) is 0 Å². The van der Waals surface area contributed by atoms with Gasteiger partial charge in [-0.1, -0.05) is 18.2 Å². The van der Waals surface area contributed by atoms with Crippen LogP contribution in [0.5, 0.6) is 0 Å². The molecule has 0 unspecified atom stereocenters. The Bertz CT molecular complexity index is 707. The number of para-hydroxylation sites is 1. The predicted octanol–water partition coefficient (Wildman–Crippen LogP) is 3.19. The van der Waals surface area contributed by atoms with E-state index < -0.39 is 5.54 Å². The number of nitrogens with two attached hydrogens (primary N) is 1. The Hall–Kier alpha value is -1.98. The molecule has 102 valence electrons. The van der Waals surface area contributed by atoms with Crippen molar-refractivity contribution in [3.8, 4) is 16.9 Å². The molecule has 0 aliphatic heterocycles. The number of aromatic nitrogens is 3. The van der Waals surface area contributed by atoms with Crippen molar-refractivity contribution in [1.29, 1.82) is 0 Å². The largest absolute Gasteiger partial charge is 0.320 e. The molecule has 0 bridgehead atoms. The molecule has 0 saturated heterocycles. The van der Waals surface area contributed by atoms with Gasteiger partial charge in [0, 0.05) is 17.1 Å². The molecule has 1 aromatic carbocycles. The van der Waals surface area contributed by atoms with Crippen molar-refractivity contribution in [1.82, 2.24) is 14.8 Å². The molecule has 0 atom stereocenters. The SMILES string of the molecule is CC(C)(N)c1nc(-c2cnn(-c3ccccc3)c2)cs1. The molecule has 0 saturated carbocycles. The van der Waals surface area contributed by atoms with Crippen molar-refractivity contribution in [3.63, 3.8) is 0 Å². The Kier molecular flexibility index (Phi) is 3.16. The van der Waals surface area contributed by atoms with Gasteiger partial charge in [-0.2, -0.15) is 5.10 Å². The van der Waals surface area contributed by atoms with Crippen molar-refractivity contribution < 1.29 is 0 Å². The van der Waals surface area contributed by atoms with E-state index in [1.165, 1.54) is 0 Å².